The van der Waals surface area contributed by atoms with Crippen LogP contribution in [0, 0.1) is 0 Å². The lowest BCUT2D eigenvalue weighted by Gasteiger charge is -2.49. The minimum Gasteiger partial charge on any atom is -0.504 e. The lowest BCUT2D eigenvalue weighted by atomic mass is 10.0. The molecule has 4 heterocycles. The molecule has 2 aromatic heterocycles. The molecule has 1 unspecified atom stereocenters. The molecule has 12 nitrogen and oxygen atoms in total. The van der Waals surface area contributed by atoms with Gasteiger partial charge in [-0.3, -0.25) is 14.5 Å². The van der Waals surface area contributed by atoms with E-state index in [0.717, 1.165) is 0 Å². The van der Waals surface area contributed by atoms with Gasteiger partial charge in [-0.25, -0.2) is 9.78 Å². The quantitative estimate of drug-likeness (QED) is 0.109. The zero-order valence-corrected chi connectivity index (χ0v) is 23.3. The molecule has 0 radical (unpaired) electrons. The number of nitrogens with zero attached hydrogens (tertiary/aromatic N) is 4. The molecule has 0 bridgehead atoms. The van der Waals surface area contributed by atoms with Crippen LogP contribution in [-0.4, -0.2) is 76.1 Å². The number of nitrogens with two attached hydrogens (primary N) is 1. The highest BCUT2D eigenvalue weighted by atomic mass is 32.2. The van der Waals surface area contributed by atoms with Crippen molar-refractivity contribution in [3.05, 3.63) is 46.6 Å². The van der Waals surface area contributed by atoms with Gasteiger partial charge in [0.05, 0.1) is 11.3 Å². The van der Waals surface area contributed by atoms with Gasteiger partial charge in [-0.1, -0.05) is 29.2 Å². The number of aromatic hydroxyl groups is 2. The molecular weight excluding hydrogens is 585 g/mol. The predicted molar refractivity (Wildman–Crippen MR) is 149 cm³/mol. The van der Waals surface area contributed by atoms with E-state index >= 15 is 0 Å². The average Bonchev–Trinajstić information content (AvgIpc) is 3.56. The number of hydrogen-bond acceptors (Lipinski definition) is 13. The summed E-state index contributed by atoms with van der Waals surface area (Å²) in [5.74, 6) is -2.11. The number of fused-ring (bicyclic) bond motifs is 1. The van der Waals surface area contributed by atoms with Crippen molar-refractivity contribution in [1.29, 1.82) is 0 Å². The highest BCUT2D eigenvalue weighted by Crippen LogP contribution is 2.42. The Kier molecular flexibility index (Phi) is 7.53. The van der Waals surface area contributed by atoms with E-state index in [2.05, 4.69) is 20.5 Å². The van der Waals surface area contributed by atoms with Crippen molar-refractivity contribution in [1.82, 2.24) is 25.4 Å². The number of phenolic OH excluding ortho intramolecular Hbond substituents is 2. The number of aliphatic carboxylic acids is 1. The summed E-state index contributed by atoms with van der Waals surface area (Å²) in [4.78, 5) is 43.4. The Balaban J connectivity index is 1.27. The minimum absolute atomic E-state index is 0.0894. The molecule has 2 aliphatic rings. The van der Waals surface area contributed by atoms with Crippen molar-refractivity contribution < 1.29 is 29.7 Å². The molecule has 3 aromatic rings. The average molecular weight is 605 g/mol. The number of rotatable bonds is 8. The third-order valence-corrected chi connectivity index (χ3v) is 10.1. The minimum atomic E-state index is -1.22. The summed E-state index contributed by atoms with van der Waals surface area (Å²) in [5, 5.41) is 42.1. The lowest BCUT2D eigenvalue weighted by Crippen LogP contribution is -2.70. The fraction of sp³-hybridized carbons (Fsp3) is 0.217. The van der Waals surface area contributed by atoms with Gasteiger partial charge in [0.15, 0.2) is 21.0 Å². The number of β-lactam (4-membered cyclic amide) rings is 1. The molecule has 202 valence electrons. The number of hydrogen-bond donors (Lipinski definition) is 5. The first kappa shape index (κ1) is 27.0. The molecule has 0 spiro atoms. The number of thioether (sulfide) groups is 2. The van der Waals surface area contributed by atoms with Crippen molar-refractivity contribution in [2.24, 2.45) is 0 Å². The van der Waals surface area contributed by atoms with Crippen LogP contribution in [0.25, 0.3) is 16.1 Å². The second-order valence-electron chi connectivity index (χ2n) is 8.26. The Hall–Kier alpha value is -3.60. The Morgan fingerprint density at radius 1 is 1.28 bits per heavy atom. The summed E-state index contributed by atoms with van der Waals surface area (Å²) in [6.07, 6.45) is 1.58. The molecule has 6 N–H and O–H groups in total. The number of phenols is 2. The summed E-state index contributed by atoms with van der Waals surface area (Å²) >= 11 is 5.11. The van der Waals surface area contributed by atoms with Crippen molar-refractivity contribution in [2.45, 2.75) is 22.7 Å². The molecule has 0 aliphatic carbocycles. The van der Waals surface area contributed by atoms with Crippen LogP contribution in [0.5, 0.6) is 11.5 Å². The molecule has 1 fully saturated rings. The fourth-order valence-electron chi connectivity index (χ4n) is 4.01. The predicted octanol–water partition coefficient (Wildman–Crippen LogP) is 2.59. The smallest absolute Gasteiger partial charge is 0.352 e. The Bertz CT molecular complexity index is 1550. The van der Waals surface area contributed by atoms with Gasteiger partial charge in [-0.2, -0.15) is 0 Å². The van der Waals surface area contributed by atoms with Gasteiger partial charge >= 0.3 is 5.97 Å². The van der Waals surface area contributed by atoms with Crippen molar-refractivity contribution in [3.8, 4) is 22.1 Å². The van der Waals surface area contributed by atoms with Gasteiger partial charge in [0.25, 0.3) is 11.8 Å². The molecular formula is C23H20N6O6S4. The molecule has 39 heavy (non-hydrogen) atoms. The standard InChI is InChI=1S/C23H20N6O6S4/c1-2-11(12-8-37-22(24)25-12)17(32)26-15-19(33)29-16(21(34)35)10(6-36-20(15)29)7-38-23-28-27-18(39-23)9-3-4-13(30)14(31)5-9/h2-5,8,15,20,30-31H,6-7H2,1H3,(H2,24,25)(H,26,32)(H,34,35)/b11-2-/t15?,20-/m1/s1. The van der Waals surface area contributed by atoms with Crippen LogP contribution in [0.1, 0.15) is 12.6 Å². The molecule has 2 aliphatic heterocycles. The van der Waals surface area contributed by atoms with E-state index in [-0.39, 0.29) is 28.5 Å². The van der Waals surface area contributed by atoms with E-state index in [1.807, 2.05) is 0 Å². The number of thiazole rings is 1. The van der Waals surface area contributed by atoms with Crippen LogP contribution in [0.2, 0.25) is 0 Å². The first-order valence-electron chi connectivity index (χ1n) is 11.2. The van der Waals surface area contributed by atoms with Crippen LogP contribution in [0.3, 0.4) is 0 Å². The highest BCUT2D eigenvalue weighted by Gasteiger charge is 2.54. The van der Waals surface area contributed by atoms with Gasteiger partial charge in [-0.15, -0.1) is 33.3 Å². The summed E-state index contributed by atoms with van der Waals surface area (Å²) in [6, 6.07) is 3.46. The van der Waals surface area contributed by atoms with Crippen molar-refractivity contribution in [2.75, 3.05) is 17.2 Å². The maximum absolute atomic E-state index is 13.0. The van der Waals surface area contributed by atoms with Crippen LogP contribution < -0.4 is 11.1 Å². The van der Waals surface area contributed by atoms with Crippen LogP contribution in [0.15, 0.2) is 45.3 Å². The van der Waals surface area contributed by atoms with E-state index < -0.39 is 29.2 Å². The SMILES string of the molecule is C/C=C(\C(=O)NC1C(=O)N2C(C(=O)O)=C(CSc3nnc(-c4ccc(O)c(O)c4)s3)CS[C@H]12)c1csc(N)n1. The van der Waals surface area contributed by atoms with E-state index in [0.29, 0.717) is 37.1 Å². The number of carboxylic acid groups (broad SMARTS) is 1. The third-order valence-electron chi connectivity index (χ3n) is 5.87. The van der Waals surface area contributed by atoms with E-state index in [1.165, 1.54) is 63.2 Å². The molecule has 1 saturated heterocycles. The summed E-state index contributed by atoms with van der Waals surface area (Å²) in [7, 11) is 0. The normalized spacial score (nSPS) is 19.1. The number of nitrogens with one attached hydrogen (secondary N) is 1. The molecule has 1 aromatic carbocycles. The van der Waals surface area contributed by atoms with E-state index in [1.54, 1.807) is 24.4 Å². The monoisotopic (exact) mass is 604 g/mol. The fourth-order valence-corrected chi connectivity index (χ4v) is 7.91. The maximum Gasteiger partial charge on any atom is 0.352 e. The Morgan fingerprint density at radius 3 is 2.74 bits per heavy atom. The number of amides is 2. The van der Waals surface area contributed by atoms with E-state index in [4.69, 9.17) is 5.73 Å². The molecule has 5 rings (SSSR count). The zero-order chi connectivity index (χ0) is 27.8. The Labute approximate surface area is 237 Å². The summed E-state index contributed by atoms with van der Waals surface area (Å²) < 4.78 is 0.573. The van der Waals surface area contributed by atoms with Crippen LogP contribution in [-0.2, 0) is 14.4 Å². The van der Waals surface area contributed by atoms with Crippen LogP contribution >= 0.6 is 46.2 Å². The second kappa shape index (κ2) is 10.9. The number of carbonyl (C=O) groups excluding carboxylic acids is 2. The highest BCUT2D eigenvalue weighted by molar-refractivity contribution is 8.01. The van der Waals surface area contributed by atoms with Crippen LogP contribution in [0.4, 0.5) is 5.13 Å². The molecule has 2 amide bonds. The van der Waals surface area contributed by atoms with Gasteiger partial charge in [0.2, 0.25) is 0 Å². The largest absolute Gasteiger partial charge is 0.504 e. The first-order chi connectivity index (χ1) is 18.7. The van der Waals surface area contributed by atoms with Gasteiger partial charge < -0.3 is 26.4 Å². The molecule has 0 saturated carbocycles. The second-order valence-corrected chi connectivity index (χ2v) is 12.5. The lowest BCUT2D eigenvalue weighted by molar-refractivity contribution is -0.150. The summed E-state index contributed by atoms with van der Waals surface area (Å²) in [5.41, 5.74) is 7.40. The molecule has 2 atom stereocenters. The maximum atomic E-state index is 13.0. The topological polar surface area (TPSA) is 192 Å². The van der Waals surface area contributed by atoms with Crippen molar-refractivity contribution in [3.63, 3.8) is 0 Å². The van der Waals surface area contributed by atoms with E-state index in [9.17, 15) is 29.7 Å². The number of allylic oxidation sites excluding steroid dienone is 1. The third kappa shape index (κ3) is 5.19. The number of anilines is 1. The number of carbonyl (C=O) groups is 3. The van der Waals surface area contributed by atoms with Crippen molar-refractivity contribution >= 4 is 74.7 Å². The van der Waals surface area contributed by atoms with Gasteiger partial charge in [-0.05, 0) is 30.7 Å². The number of carboxylic acids is 1. The summed E-state index contributed by atoms with van der Waals surface area (Å²) in [6.45, 7) is 1.68. The van der Waals surface area contributed by atoms with Gasteiger partial charge in [0.1, 0.15) is 22.1 Å². The first-order valence-corrected chi connectivity index (χ1v) is 15.0. The number of benzene rings is 1. The van der Waals surface area contributed by atoms with Gasteiger partial charge in [0, 0.05) is 22.4 Å². The molecule has 16 heteroatoms. The number of nitrogen functional groups attached to an aromatic ring is 1. The number of aromatic nitrogens is 3. The Morgan fingerprint density at radius 2 is 2.08 bits per heavy atom. The zero-order valence-electron chi connectivity index (χ0n) is 20.0.